The third-order valence-electron chi connectivity index (χ3n) is 4.27. The highest BCUT2D eigenvalue weighted by Gasteiger charge is 2.25. The highest BCUT2D eigenvalue weighted by atomic mass is 16.5. The van der Waals surface area contributed by atoms with Crippen LogP contribution in [0.15, 0.2) is 85.1 Å². The van der Waals surface area contributed by atoms with Crippen molar-refractivity contribution in [1.82, 2.24) is 4.98 Å². The van der Waals surface area contributed by atoms with E-state index in [1.807, 2.05) is 60.8 Å². The van der Waals surface area contributed by atoms with Crippen molar-refractivity contribution < 1.29 is 4.74 Å². The molecule has 3 aromatic carbocycles. The summed E-state index contributed by atoms with van der Waals surface area (Å²) < 4.78 is 6.05. The van der Waals surface area contributed by atoms with Gasteiger partial charge in [-0.2, -0.15) is 0 Å². The first-order valence-corrected chi connectivity index (χ1v) is 7.91. The van der Waals surface area contributed by atoms with Crippen LogP contribution in [0.4, 0.5) is 17.1 Å². The number of rotatable bonds is 1. The molecular weight excluding hydrogens is 296 g/mol. The maximum atomic E-state index is 6.05. The maximum absolute atomic E-state index is 6.05. The summed E-state index contributed by atoms with van der Waals surface area (Å²) in [4.78, 5) is 6.82. The summed E-state index contributed by atoms with van der Waals surface area (Å²) in [5.74, 6) is 1.70. The summed E-state index contributed by atoms with van der Waals surface area (Å²) >= 11 is 0. The monoisotopic (exact) mass is 310 g/mol. The third kappa shape index (κ3) is 1.95. The molecule has 0 aliphatic carbocycles. The van der Waals surface area contributed by atoms with Crippen LogP contribution in [-0.4, -0.2) is 4.98 Å². The minimum absolute atomic E-state index is 0.851. The lowest BCUT2D eigenvalue weighted by atomic mass is 10.1. The fraction of sp³-hybridized carbons (Fsp3) is 0. The Morgan fingerprint density at radius 1 is 0.708 bits per heavy atom. The van der Waals surface area contributed by atoms with Gasteiger partial charge in [-0.1, -0.05) is 42.5 Å². The Bertz CT molecular complexity index is 1010. The van der Waals surface area contributed by atoms with E-state index in [2.05, 4.69) is 34.1 Å². The third-order valence-corrected chi connectivity index (χ3v) is 4.27. The number of anilines is 3. The molecule has 4 aromatic rings. The predicted molar refractivity (Wildman–Crippen MR) is 96.5 cm³/mol. The molecule has 1 aliphatic heterocycles. The highest BCUT2D eigenvalue weighted by Crippen LogP contribution is 2.49. The number of benzene rings is 3. The van der Waals surface area contributed by atoms with Gasteiger partial charge >= 0.3 is 0 Å². The molecule has 0 amide bonds. The second-order valence-electron chi connectivity index (χ2n) is 5.76. The van der Waals surface area contributed by atoms with Gasteiger partial charge in [-0.3, -0.25) is 4.98 Å². The number of para-hydroxylation sites is 5. The highest BCUT2D eigenvalue weighted by molar-refractivity contribution is 5.90. The van der Waals surface area contributed by atoms with Crippen molar-refractivity contribution in [2.75, 3.05) is 4.90 Å². The lowest BCUT2D eigenvalue weighted by Crippen LogP contribution is -2.15. The van der Waals surface area contributed by atoms with E-state index < -0.39 is 0 Å². The van der Waals surface area contributed by atoms with Crippen LogP contribution in [0.3, 0.4) is 0 Å². The number of fused-ring (bicyclic) bond motifs is 3. The Labute approximate surface area is 139 Å². The van der Waals surface area contributed by atoms with E-state index in [4.69, 9.17) is 4.74 Å². The van der Waals surface area contributed by atoms with Gasteiger partial charge in [0.25, 0.3) is 0 Å². The lowest BCUT2D eigenvalue weighted by Gasteiger charge is -2.32. The van der Waals surface area contributed by atoms with Crippen molar-refractivity contribution in [3.8, 4) is 11.5 Å². The van der Waals surface area contributed by atoms with Crippen LogP contribution in [0, 0.1) is 0 Å². The number of aromatic nitrogens is 1. The molecule has 0 unspecified atom stereocenters. The number of nitrogens with zero attached hydrogens (tertiary/aromatic N) is 2. The SMILES string of the molecule is c1ccc2c(c1)Oc1ccccc1N2c1cnc2ccccc2c1. The van der Waals surface area contributed by atoms with Crippen LogP contribution in [0.2, 0.25) is 0 Å². The standard InChI is InChI=1S/C21H14N2O/c1-2-8-17-15(7-1)13-16(14-22-17)23-18-9-3-5-11-20(18)24-21-12-6-4-10-19(21)23/h1-14H. The predicted octanol–water partition coefficient (Wildman–Crippen LogP) is 5.81. The van der Waals surface area contributed by atoms with E-state index in [1.165, 1.54) is 0 Å². The average molecular weight is 310 g/mol. The van der Waals surface area contributed by atoms with Gasteiger partial charge < -0.3 is 9.64 Å². The second kappa shape index (κ2) is 5.10. The van der Waals surface area contributed by atoms with Gasteiger partial charge in [-0.25, -0.2) is 0 Å². The van der Waals surface area contributed by atoms with E-state index in [9.17, 15) is 0 Å². The molecule has 2 heterocycles. The van der Waals surface area contributed by atoms with Crippen molar-refractivity contribution in [2.24, 2.45) is 0 Å². The van der Waals surface area contributed by atoms with Gasteiger partial charge in [0.15, 0.2) is 11.5 Å². The molecule has 114 valence electrons. The smallest absolute Gasteiger partial charge is 0.151 e. The van der Waals surface area contributed by atoms with Gasteiger partial charge in [0.2, 0.25) is 0 Å². The molecule has 3 heteroatoms. The molecule has 24 heavy (non-hydrogen) atoms. The van der Waals surface area contributed by atoms with Crippen molar-refractivity contribution in [3.05, 3.63) is 85.1 Å². The van der Waals surface area contributed by atoms with E-state index in [0.29, 0.717) is 0 Å². The summed E-state index contributed by atoms with van der Waals surface area (Å²) in [7, 11) is 0. The van der Waals surface area contributed by atoms with E-state index in [-0.39, 0.29) is 0 Å². The summed E-state index contributed by atoms with van der Waals surface area (Å²) in [6.45, 7) is 0. The van der Waals surface area contributed by atoms with Gasteiger partial charge in [-0.05, 0) is 36.4 Å². The zero-order valence-corrected chi connectivity index (χ0v) is 12.9. The van der Waals surface area contributed by atoms with Crippen molar-refractivity contribution >= 4 is 28.0 Å². The van der Waals surface area contributed by atoms with E-state index in [1.54, 1.807) is 0 Å². The molecular formula is C21H14N2O. The van der Waals surface area contributed by atoms with Crippen LogP contribution >= 0.6 is 0 Å². The van der Waals surface area contributed by atoms with Crippen molar-refractivity contribution in [2.45, 2.75) is 0 Å². The molecule has 0 saturated heterocycles. The summed E-state index contributed by atoms with van der Waals surface area (Å²) in [5.41, 5.74) is 4.06. The molecule has 5 rings (SSSR count). The number of hydrogen-bond acceptors (Lipinski definition) is 3. The largest absolute Gasteiger partial charge is 0.453 e. The van der Waals surface area contributed by atoms with Gasteiger partial charge in [0, 0.05) is 5.39 Å². The molecule has 0 radical (unpaired) electrons. The fourth-order valence-corrected chi connectivity index (χ4v) is 3.16. The molecule has 0 atom stereocenters. The van der Waals surface area contributed by atoms with Crippen LogP contribution in [-0.2, 0) is 0 Å². The first-order valence-electron chi connectivity index (χ1n) is 7.91. The van der Waals surface area contributed by atoms with Crippen LogP contribution in [0.1, 0.15) is 0 Å². The number of ether oxygens (including phenoxy) is 1. The van der Waals surface area contributed by atoms with Crippen LogP contribution in [0.25, 0.3) is 10.9 Å². The average Bonchev–Trinajstić information content (AvgIpc) is 2.65. The van der Waals surface area contributed by atoms with Crippen LogP contribution in [0.5, 0.6) is 11.5 Å². The molecule has 0 fully saturated rings. The van der Waals surface area contributed by atoms with Crippen LogP contribution < -0.4 is 9.64 Å². The zero-order chi connectivity index (χ0) is 15.9. The van der Waals surface area contributed by atoms with E-state index >= 15 is 0 Å². The normalized spacial score (nSPS) is 12.4. The first kappa shape index (κ1) is 13.1. The van der Waals surface area contributed by atoms with Gasteiger partial charge in [-0.15, -0.1) is 0 Å². The minimum Gasteiger partial charge on any atom is -0.453 e. The van der Waals surface area contributed by atoms with Crippen molar-refractivity contribution in [1.29, 1.82) is 0 Å². The molecule has 0 spiro atoms. The minimum atomic E-state index is 0.851. The molecule has 0 saturated carbocycles. The summed E-state index contributed by atoms with van der Waals surface area (Å²) in [6, 6.07) is 26.5. The topological polar surface area (TPSA) is 25.4 Å². The number of pyridine rings is 1. The first-order chi connectivity index (χ1) is 11.9. The Hall–Kier alpha value is -3.33. The molecule has 0 N–H and O–H groups in total. The Kier molecular flexibility index (Phi) is 2.79. The maximum Gasteiger partial charge on any atom is 0.151 e. The Morgan fingerprint density at radius 3 is 2.08 bits per heavy atom. The van der Waals surface area contributed by atoms with E-state index in [0.717, 1.165) is 39.5 Å². The van der Waals surface area contributed by atoms with Gasteiger partial charge in [0.05, 0.1) is 28.8 Å². The molecule has 0 bridgehead atoms. The Balaban J connectivity index is 1.77. The lowest BCUT2D eigenvalue weighted by molar-refractivity contribution is 0.477. The zero-order valence-electron chi connectivity index (χ0n) is 12.9. The second-order valence-corrected chi connectivity index (χ2v) is 5.76. The van der Waals surface area contributed by atoms with Gasteiger partial charge in [0.1, 0.15) is 0 Å². The molecule has 3 nitrogen and oxygen atoms in total. The number of hydrogen-bond donors (Lipinski definition) is 0. The molecule has 1 aromatic heterocycles. The Morgan fingerprint density at radius 2 is 1.33 bits per heavy atom. The molecule has 1 aliphatic rings. The summed E-state index contributed by atoms with van der Waals surface area (Å²) in [6.07, 6.45) is 1.92. The van der Waals surface area contributed by atoms with Crippen molar-refractivity contribution in [3.63, 3.8) is 0 Å². The fourth-order valence-electron chi connectivity index (χ4n) is 3.16. The quantitative estimate of drug-likeness (QED) is 0.390. The summed E-state index contributed by atoms with van der Waals surface area (Å²) in [5, 5.41) is 1.12.